The molecule has 0 aliphatic carbocycles. The van der Waals surface area contributed by atoms with Crippen molar-refractivity contribution in [3.05, 3.63) is 47.5 Å². The van der Waals surface area contributed by atoms with Gasteiger partial charge in [0.2, 0.25) is 5.95 Å². The van der Waals surface area contributed by atoms with Gasteiger partial charge >= 0.3 is 0 Å². The number of carbonyl (C=O) groups is 1. The summed E-state index contributed by atoms with van der Waals surface area (Å²) in [5.41, 5.74) is 1.92. The van der Waals surface area contributed by atoms with E-state index in [0.29, 0.717) is 18.2 Å². The highest BCUT2D eigenvalue weighted by Gasteiger charge is 2.15. The number of nitrogens with zero attached hydrogens (tertiary/aromatic N) is 3. The van der Waals surface area contributed by atoms with Gasteiger partial charge in [-0.3, -0.25) is 9.78 Å². The first-order valence-corrected chi connectivity index (χ1v) is 7.14. The molecule has 0 bridgehead atoms. The van der Waals surface area contributed by atoms with Gasteiger partial charge in [-0.15, -0.1) is 0 Å². The van der Waals surface area contributed by atoms with Crippen LogP contribution in [0.15, 0.2) is 30.6 Å². The van der Waals surface area contributed by atoms with Gasteiger partial charge in [0, 0.05) is 30.2 Å². The van der Waals surface area contributed by atoms with Crippen LogP contribution >= 0.6 is 0 Å². The molecule has 0 aromatic carbocycles. The van der Waals surface area contributed by atoms with E-state index in [1.54, 1.807) is 18.5 Å². The van der Waals surface area contributed by atoms with Crippen molar-refractivity contribution in [2.45, 2.75) is 39.8 Å². The van der Waals surface area contributed by atoms with Crippen molar-refractivity contribution in [3.63, 3.8) is 0 Å². The molecule has 0 fully saturated rings. The van der Waals surface area contributed by atoms with Crippen LogP contribution in [0.3, 0.4) is 0 Å². The van der Waals surface area contributed by atoms with Crippen molar-refractivity contribution in [1.29, 1.82) is 0 Å². The van der Waals surface area contributed by atoms with Gasteiger partial charge < -0.3 is 10.6 Å². The van der Waals surface area contributed by atoms with Gasteiger partial charge in [-0.1, -0.05) is 0 Å². The van der Waals surface area contributed by atoms with E-state index in [9.17, 15) is 4.79 Å². The maximum absolute atomic E-state index is 12.2. The average molecular weight is 299 g/mol. The first-order valence-electron chi connectivity index (χ1n) is 7.14. The lowest BCUT2D eigenvalue weighted by Gasteiger charge is -2.20. The van der Waals surface area contributed by atoms with Crippen LogP contribution in [0.2, 0.25) is 0 Å². The highest BCUT2D eigenvalue weighted by Crippen LogP contribution is 2.11. The molecule has 2 aromatic rings. The zero-order valence-corrected chi connectivity index (χ0v) is 13.3. The summed E-state index contributed by atoms with van der Waals surface area (Å²) in [5.74, 6) is 0.237. The van der Waals surface area contributed by atoms with E-state index in [1.807, 2.05) is 39.8 Å². The third-order valence-corrected chi connectivity index (χ3v) is 2.78. The number of rotatable bonds is 4. The lowest BCUT2D eigenvalue weighted by atomic mass is 10.1. The van der Waals surface area contributed by atoms with Crippen LogP contribution in [0.4, 0.5) is 5.95 Å². The molecule has 22 heavy (non-hydrogen) atoms. The fourth-order valence-electron chi connectivity index (χ4n) is 1.85. The Morgan fingerprint density at radius 1 is 1.18 bits per heavy atom. The fourth-order valence-corrected chi connectivity index (χ4v) is 1.85. The molecule has 0 aliphatic heterocycles. The van der Waals surface area contributed by atoms with Crippen LogP contribution in [-0.4, -0.2) is 26.4 Å². The monoisotopic (exact) mass is 299 g/mol. The Bertz CT molecular complexity index is 649. The van der Waals surface area contributed by atoms with Crippen LogP contribution in [0.25, 0.3) is 0 Å². The van der Waals surface area contributed by atoms with Crippen molar-refractivity contribution in [1.82, 2.24) is 20.3 Å². The molecule has 2 N–H and O–H groups in total. The van der Waals surface area contributed by atoms with Crippen LogP contribution < -0.4 is 10.6 Å². The molecule has 116 valence electrons. The molecule has 2 rings (SSSR count). The summed E-state index contributed by atoms with van der Waals surface area (Å²) < 4.78 is 0. The predicted octanol–water partition coefficient (Wildman–Crippen LogP) is 2.32. The molecule has 0 saturated carbocycles. The van der Waals surface area contributed by atoms with Crippen LogP contribution in [0, 0.1) is 6.92 Å². The maximum atomic E-state index is 12.2. The first kappa shape index (κ1) is 15.9. The quantitative estimate of drug-likeness (QED) is 0.905. The number of hydrogen-bond acceptors (Lipinski definition) is 5. The van der Waals surface area contributed by atoms with Crippen molar-refractivity contribution >= 4 is 11.9 Å². The minimum Gasteiger partial charge on any atom is -0.350 e. The van der Waals surface area contributed by atoms with Gasteiger partial charge in [-0.2, -0.15) is 0 Å². The molecule has 0 radical (unpaired) electrons. The minimum atomic E-state index is -0.223. The van der Waals surface area contributed by atoms with E-state index in [1.165, 1.54) is 0 Å². The lowest BCUT2D eigenvalue weighted by molar-refractivity contribution is 0.0945. The molecule has 6 nitrogen and oxygen atoms in total. The van der Waals surface area contributed by atoms with Crippen molar-refractivity contribution in [2.75, 3.05) is 5.32 Å². The molecule has 6 heteroatoms. The summed E-state index contributed by atoms with van der Waals surface area (Å²) in [4.78, 5) is 24.8. The Balaban J connectivity index is 2.09. The minimum absolute atomic E-state index is 0.168. The number of nitrogens with one attached hydrogen (secondary N) is 2. The maximum Gasteiger partial charge on any atom is 0.270 e. The predicted molar refractivity (Wildman–Crippen MR) is 85.6 cm³/mol. The summed E-state index contributed by atoms with van der Waals surface area (Å²) in [6.45, 7) is 8.33. The highest BCUT2D eigenvalue weighted by atomic mass is 16.1. The molecule has 2 heterocycles. The second-order valence-corrected chi connectivity index (χ2v) is 6.13. The molecule has 0 aliphatic rings. The first-order chi connectivity index (χ1) is 10.3. The number of carbonyl (C=O) groups excluding carboxylic acids is 1. The molecular weight excluding hydrogens is 278 g/mol. The molecule has 0 saturated heterocycles. The molecular formula is C16H21N5O. The normalized spacial score (nSPS) is 11.1. The highest BCUT2D eigenvalue weighted by molar-refractivity contribution is 5.92. The standard InChI is InChI=1S/C16H21N5O/c1-11-9-13(20-15(19-11)21-16(2,3)4)14(22)18-10-12-5-7-17-8-6-12/h5-9H,10H2,1-4H3,(H,18,22)(H,19,20,21). The van der Waals surface area contributed by atoms with Gasteiger partial charge in [-0.05, 0) is 51.5 Å². The lowest BCUT2D eigenvalue weighted by Crippen LogP contribution is -2.29. The number of aromatic nitrogens is 3. The largest absolute Gasteiger partial charge is 0.350 e. The molecule has 0 spiro atoms. The third-order valence-electron chi connectivity index (χ3n) is 2.78. The number of hydrogen-bond donors (Lipinski definition) is 2. The smallest absolute Gasteiger partial charge is 0.270 e. The van der Waals surface area contributed by atoms with Gasteiger partial charge in [0.05, 0.1) is 0 Å². The number of pyridine rings is 1. The number of amides is 1. The Kier molecular flexibility index (Phi) is 4.70. The second-order valence-electron chi connectivity index (χ2n) is 6.13. The fraction of sp³-hybridized carbons (Fsp3) is 0.375. The topological polar surface area (TPSA) is 79.8 Å². The third kappa shape index (κ3) is 4.80. The van der Waals surface area contributed by atoms with Gasteiger partial charge in [-0.25, -0.2) is 9.97 Å². The van der Waals surface area contributed by atoms with E-state index in [0.717, 1.165) is 11.3 Å². The summed E-state index contributed by atoms with van der Waals surface area (Å²) in [6, 6.07) is 5.39. The molecule has 1 amide bonds. The summed E-state index contributed by atoms with van der Waals surface area (Å²) in [6.07, 6.45) is 3.39. The number of anilines is 1. The SMILES string of the molecule is Cc1cc(C(=O)NCc2ccncc2)nc(NC(C)(C)C)n1. The van der Waals surface area contributed by atoms with Crippen molar-refractivity contribution < 1.29 is 4.79 Å². The van der Waals surface area contributed by atoms with Gasteiger partial charge in [0.25, 0.3) is 5.91 Å². The Morgan fingerprint density at radius 3 is 2.50 bits per heavy atom. The molecule has 2 aromatic heterocycles. The Labute approximate surface area is 130 Å². The van der Waals surface area contributed by atoms with Crippen LogP contribution in [-0.2, 0) is 6.54 Å². The average Bonchev–Trinajstić information content (AvgIpc) is 2.43. The van der Waals surface area contributed by atoms with Crippen molar-refractivity contribution in [2.24, 2.45) is 0 Å². The van der Waals surface area contributed by atoms with Gasteiger partial charge in [0.1, 0.15) is 5.69 Å². The van der Waals surface area contributed by atoms with Crippen LogP contribution in [0.5, 0.6) is 0 Å². The van der Waals surface area contributed by atoms with E-state index in [-0.39, 0.29) is 11.4 Å². The van der Waals surface area contributed by atoms with E-state index >= 15 is 0 Å². The van der Waals surface area contributed by atoms with Gasteiger partial charge in [0.15, 0.2) is 0 Å². The molecule has 0 unspecified atom stereocenters. The Hall–Kier alpha value is -2.50. The van der Waals surface area contributed by atoms with Crippen molar-refractivity contribution in [3.8, 4) is 0 Å². The zero-order chi connectivity index (χ0) is 16.2. The zero-order valence-electron chi connectivity index (χ0n) is 13.3. The van der Waals surface area contributed by atoms with E-state index in [4.69, 9.17) is 0 Å². The number of aryl methyl sites for hydroxylation is 1. The molecule has 0 atom stereocenters. The van der Waals surface area contributed by atoms with E-state index < -0.39 is 0 Å². The summed E-state index contributed by atoms with van der Waals surface area (Å²) >= 11 is 0. The second kappa shape index (κ2) is 6.51. The Morgan fingerprint density at radius 2 is 1.86 bits per heavy atom. The van der Waals surface area contributed by atoms with E-state index in [2.05, 4.69) is 25.6 Å². The van der Waals surface area contributed by atoms with Crippen LogP contribution in [0.1, 0.15) is 42.5 Å². The summed E-state index contributed by atoms with van der Waals surface area (Å²) in [7, 11) is 0. The summed E-state index contributed by atoms with van der Waals surface area (Å²) in [5, 5.41) is 6.03.